The molecule has 1 aliphatic heterocycles. The number of ketones is 1. The Morgan fingerprint density at radius 2 is 1.94 bits per heavy atom. The SMILES string of the molecule is CC(=O)CC1CN(Cc2ccccc2)c2cc(NC(=O)CCN(C=O)c3ccccn3)ccc2O1. The first-order valence-corrected chi connectivity index (χ1v) is 11.5. The summed E-state index contributed by atoms with van der Waals surface area (Å²) in [4.78, 5) is 43.5. The van der Waals surface area contributed by atoms with Crippen molar-refractivity contribution in [1.82, 2.24) is 4.98 Å². The number of anilines is 3. The van der Waals surface area contributed by atoms with Gasteiger partial charge in [0.1, 0.15) is 23.5 Å². The first-order chi connectivity index (χ1) is 17.0. The van der Waals surface area contributed by atoms with Crippen LogP contribution < -0.4 is 19.9 Å². The van der Waals surface area contributed by atoms with Crippen LogP contribution in [0.5, 0.6) is 5.75 Å². The van der Waals surface area contributed by atoms with Crippen LogP contribution in [0.15, 0.2) is 72.9 Å². The van der Waals surface area contributed by atoms with E-state index in [1.54, 1.807) is 37.4 Å². The quantitative estimate of drug-likeness (QED) is 0.451. The Labute approximate surface area is 204 Å². The van der Waals surface area contributed by atoms with Gasteiger partial charge in [-0.1, -0.05) is 36.4 Å². The van der Waals surface area contributed by atoms with Gasteiger partial charge in [0, 0.05) is 37.8 Å². The molecule has 0 spiro atoms. The number of pyridine rings is 1. The van der Waals surface area contributed by atoms with Crippen molar-refractivity contribution >= 4 is 35.3 Å². The molecular weight excluding hydrogens is 444 g/mol. The van der Waals surface area contributed by atoms with Crippen molar-refractivity contribution in [3.63, 3.8) is 0 Å². The van der Waals surface area contributed by atoms with Gasteiger partial charge in [0.2, 0.25) is 12.3 Å². The largest absolute Gasteiger partial charge is 0.486 e. The number of aromatic nitrogens is 1. The van der Waals surface area contributed by atoms with Gasteiger partial charge in [-0.2, -0.15) is 0 Å². The third kappa shape index (κ3) is 6.44. The molecule has 0 bridgehead atoms. The van der Waals surface area contributed by atoms with E-state index >= 15 is 0 Å². The van der Waals surface area contributed by atoms with Gasteiger partial charge in [-0.25, -0.2) is 4.98 Å². The number of nitrogens with zero attached hydrogens (tertiary/aromatic N) is 3. The molecule has 35 heavy (non-hydrogen) atoms. The molecule has 1 aromatic heterocycles. The van der Waals surface area contributed by atoms with Gasteiger partial charge in [-0.05, 0) is 42.8 Å². The highest BCUT2D eigenvalue weighted by Crippen LogP contribution is 2.37. The summed E-state index contributed by atoms with van der Waals surface area (Å²) in [6.07, 6.45) is 2.50. The predicted molar refractivity (Wildman–Crippen MR) is 135 cm³/mol. The summed E-state index contributed by atoms with van der Waals surface area (Å²) in [6.45, 7) is 3.00. The topological polar surface area (TPSA) is 91.8 Å². The minimum absolute atomic E-state index is 0.0806. The van der Waals surface area contributed by atoms with Crippen LogP contribution in [0.25, 0.3) is 0 Å². The number of ether oxygens (including phenoxy) is 1. The van der Waals surface area contributed by atoms with E-state index in [9.17, 15) is 14.4 Å². The molecule has 4 rings (SSSR count). The van der Waals surface area contributed by atoms with Gasteiger partial charge < -0.3 is 15.0 Å². The fourth-order valence-corrected chi connectivity index (χ4v) is 4.07. The maximum absolute atomic E-state index is 12.6. The van der Waals surface area contributed by atoms with Crippen LogP contribution >= 0.6 is 0 Å². The number of amides is 2. The van der Waals surface area contributed by atoms with E-state index in [0.29, 0.717) is 43.2 Å². The molecule has 2 heterocycles. The Hall–Kier alpha value is -4.20. The zero-order valence-corrected chi connectivity index (χ0v) is 19.6. The molecule has 8 nitrogen and oxygen atoms in total. The van der Waals surface area contributed by atoms with Crippen molar-refractivity contribution in [2.75, 3.05) is 28.2 Å². The molecule has 1 unspecified atom stereocenters. The second-order valence-electron chi connectivity index (χ2n) is 8.48. The lowest BCUT2D eigenvalue weighted by atomic mass is 10.1. The molecule has 1 N–H and O–H groups in total. The first-order valence-electron chi connectivity index (χ1n) is 11.5. The third-order valence-electron chi connectivity index (χ3n) is 5.68. The summed E-state index contributed by atoms with van der Waals surface area (Å²) in [6, 6.07) is 20.8. The Bertz CT molecular complexity index is 1170. The Kier molecular flexibility index (Phi) is 7.72. The van der Waals surface area contributed by atoms with Crippen molar-refractivity contribution in [3.05, 3.63) is 78.5 Å². The van der Waals surface area contributed by atoms with Crippen molar-refractivity contribution < 1.29 is 19.1 Å². The zero-order chi connectivity index (χ0) is 24.6. The molecule has 0 saturated carbocycles. The lowest BCUT2D eigenvalue weighted by Crippen LogP contribution is -2.40. The maximum Gasteiger partial charge on any atom is 0.226 e. The molecule has 0 saturated heterocycles. The van der Waals surface area contributed by atoms with Crippen LogP contribution in [0.3, 0.4) is 0 Å². The summed E-state index contributed by atoms with van der Waals surface area (Å²) in [7, 11) is 0. The van der Waals surface area contributed by atoms with Crippen LogP contribution in [-0.4, -0.2) is 42.3 Å². The van der Waals surface area contributed by atoms with E-state index in [1.165, 1.54) is 4.90 Å². The van der Waals surface area contributed by atoms with Gasteiger partial charge in [0.05, 0.1) is 12.2 Å². The molecule has 8 heteroatoms. The minimum Gasteiger partial charge on any atom is -0.486 e. The van der Waals surface area contributed by atoms with Crippen molar-refractivity contribution in [3.8, 4) is 5.75 Å². The number of fused-ring (bicyclic) bond motifs is 1. The van der Waals surface area contributed by atoms with E-state index in [1.807, 2.05) is 30.3 Å². The fraction of sp³-hybridized carbons (Fsp3) is 0.259. The number of nitrogens with one attached hydrogen (secondary N) is 1. The average molecular weight is 473 g/mol. The van der Waals surface area contributed by atoms with E-state index in [2.05, 4.69) is 27.3 Å². The van der Waals surface area contributed by atoms with E-state index in [0.717, 1.165) is 11.3 Å². The van der Waals surface area contributed by atoms with Gasteiger partial charge in [0.15, 0.2) is 0 Å². The number of carbonyl (C=O) groups excluding carboxylic acids is 3. The summed E-state index contributed by atoms with van der Waals surface area (Å²) < 4.78 is 6.09. The predicted octanol–water partition coefficient (Wildman–Crippen LogP) is 3.82. The molecule has 0 radical (unpaired) electrons. The second-order valence-corrected chi connectivity index (χ2v) is 8.48. The first kappa shape index (κ1) is 23.9. The van der Waals surface area contributed by atoms with Crippen LogP contribution in [0.4, 0.5) is 17.2 Å². The molecular formula is C27H28N4O4. The Balaban J connectivity index is 1.46. The third-order valence-corrected chi connectivity index (χ3v) is 5.68. The highest BCUT2D eigenvalue weighted by atomic mass is 16.5. The van der Waals surface area contributed by atoms with Gasteiger partial charge >= 0.3 is 0 Å². The van der Waals surface area contributed by atoms with Crippen LogP contribution in [0, 0.1) is 0 Å². The lowest BCUT2D eigenvalue weighted by molar-refractivity contribution is -0.118. The maximum atomic E-state index is 12.6. The molecule has 1 aliphatic rings. The summed E-state index contributed by atoms with van der Waals surface area (Å²) in [5.74, 6) is 1.04. The lowest BCUT2D eigenvalue weighted by Gasteiger charge is -2.36. The normalized spacial score (nSPS) is 14.4. The minimum atomic E-state index is -0.231. The van der Waals surface area contributed by atoms with Crippen molar-refractivity contribution in [2.45, 2.75) is 32.4 Å². The molecule has 0 fully saturated rings. The molecule has 0 aliphatic carbocycles. The van der Waals surface area contributed by atoms with E-state index < -0.39 is 0 Å². The van der Waals surface area contributed by atoms with Crippen molar-refractivity contribution in [1.29, 1.82) is 0 Å². The van der Waals surface area contributed by atoms with Crippen LogP contribution in [-0.2, 0) is 20.9 Å². The van der Waals surface area contributed by atoms with Crippen LogP contribution in [0.1, 0.15) is 25.3 Å². The summed E-state index contributed by atoms with van der Waals surface area (Å²) in [5, 5.41) is 2.91. The highest BCUT2D eigenvalue weighted by Gasteiger charge is 2.27. The van der Waals surface area contributed by atoms with Gasteiger partial charge in [-0.15, -0.1) is 0 Å². The summed E-state index contributed by atoms with van der Waals surface area (Å²) >= 11 is 0. The van der Waals surface area contributed by atoms with E-state index in [-0.39, 0.29) is 30.8 Å². The van der Waals surface area contributed by atoms with Gasteiger partial charge in [-0.3, -0.25) is 19.3 Å². The number of carbonyl (C=O) groups is 3. The zero-order valence-electron chi connectivity index (χ0n) is 19.6. The smallest absolute Gasteiger partial charge is 0.226 e. The summed E-state index contributed by atoms with van der Waals surface area (Å²) in [5.41, 5.74) is 2.63. The second kappa shape index (κ2) is 11.3. The molecule has 2 aromatic carbocycles. The molecule has 2 amide bonds. The van der Waals surface area contributed by atoms with Crippen LogP contribution in [0.2, 0.25) is 0 Å². The Morgan fingerprint density at radius 1 is 1.14 bits per heavy atom. The van der Waals surface area contributed by atoms with Gasteiger partial charge in [0.25, 0.3) is 0 Å². The Morgan fingerprint density at radius 3 is 2.66 bits per heavy atom. The number of hydrogen-bond acceptors (Lipinski definition) is 6. The monoisotopic (exact) mass is 472 g/mol. The van der Waals surface area contributed by atoms with Crippen molar-refractivity contribution in [2.24, 2.45) is 0 Å². The average Bonchev–Trinajstić information content (AvgIpc) is 2.86. The molecule has 180 valence electrons. The standard InChI is InChI=1S/C27H28N4O4/c1-20(33)15-23-18-31(17-21-7-3-2-4-8-21)24-16-22(10-11-25(24)35-23)29-27(34)12-14-30(19-32)26-9-5-6-13-28-26/h2-11,13,16,19,23H,12,14-15,17-18H2,1H3,(H,29,34). The number of Topliss-reactive ketones (excluding diaryl/α,β-unsaturated/α-hetero) is 1. The molecule has 3 aromatic rings. The highest BCUT2D eigenvalue weighted by molar-refractivity contribution is 5.92. The number of benzene rings is 2. The number of hydrogen-bond donors (Lipinski definition) is 1. The fourth-order valence-electron chi connectivity index (χ4n) is 4.07. The number of rotatable bonds is 10. The molecule has 1 atom stereocenters. The van der Waals surface area contributed by atoms with E-state index in [4.69, 9.17) is 4.74 Å².